The minimum atomic E-state index is -1.87. The third-order valence-corrected chi connectivity index (χ3v) is 3.74. The number of benzene rings is 1. The van der Waals surface area contributed by atoms with Gasteiger partial charge in [0.15, 0.2) is 0 Å². The molecule has 1 heterocycles. The number of halogens is 4. The molecule has 1 amide bonds. The molecule has 0 aliphatic carbocycles. The molecule has 1 aliphatic rings. The van der Waals surface area contributed by atoms with E-state index >= 15 is 0 Å². The van der Waals surface area contributed by atoms with E-state index in [1.165, 1.54) is 0 Å². The van der Waals surface area contributed by atoms with Crippen LogP contribution in [0.2, 0.25) is 5.02 Å². The van der Waals surface area contributed by atoms with Crippen LogP contribution in [0.4, 0.5) is 5.69 Å². The van der Waals surface area contributed by atoms with Crippen LogP contribution >= 0.6 is 46.4 Å². The highest BCUT2D eigenvalue weighted by Gasteiger charge is 2.36. The Morgan fingerprint density at radius 1 is 1.00 bits per heavy atom. The normalized spacial score (nSPS) is 16.6. The van der Waals surface area contributed by atoms with Crippen LogP contribution in [-0.4, -0.2) is 40.8 Å². The number of hydrogen-bond donors (Lipinski definition) is 0. The summed E-state index contributed by atoms with van der Waals surface area (Å²) in [6, 6.07) is 7.59. The van der Waals surface area contributed by atoms with Crippen LogP contribution in [0.1, 0.15) is 0 Å². The molecule has 1 aliphatic heterocycles. The summed E-state index contributed by atoms with van der Waals surface area (Å²) in [4.78, 5) is 15.5. The van der Waals surface area contributed by atoms with Crippen LogP contribution in [0.3, 0.4) is 0 Å². The molecule has 1 aromatic rings. The number of carbonyl (C=O) groups is 1. The first kappa shape index (κ1) is 15.0. The highest BCUT2D eigenvalue weighted by molar-refractivity contribution is 6.76. The van der Waals surface area contributed by atoms with Crippen LogP contribution in [0, 0.1) is 0 Å². The van der Waals surface area contributed by atoms with E-state index in [2.05, 4.69) is 4.90 Å². The predicted molar refractivity (Wildman–Crippen MR) is 80.5 cm³/mol. The van der Waals surface area contributed by atoms with Crippen molar-refractivity contribution in [3.05, 3.63) is 29.3 Å². The fraction of sp³-hybridized carbons (Fsp3) is 0.417. The zero-order chi connectivity index (χ0) is 14.0. The predicted octanol–water partition coefficient (Wildman–Crippen LogP) is 3.36. The quantitative estimate of drug-likeness (QED) is 0.731. The molecule has 1 saturated heterocycles. The van der Waals surface area contributed by atoms with E-state index in [1.807, 2.05) is 24.3 Å². The number of alkyl halides is 3. The van der Waals surface area contributed by atoms with Gasteiger partial charge in [-0.25, -0.2) is 0 Å². The molecule has 0 radical (unpaired) electrons. The minimum Gasteiger partial charge on any atom is -0.368 e. The van der Waals surface area contributed by atoms with Crippen LogP contribution in [0.5, 0.6) is 0 Å². The number of anilines is 1. The third kappa shape index (κ3) is 3.82. The van der Waals surface area contributed by atoms with Gasteiger partial charge in [-0.2, -0.15) is 0 Å². The second-order valence-electron chi connectivity index (χ2n) is 4.25. The van der Waals surface area contributed by atoms with E-state index in [-0.39, 0.29) is 0 Å². The number of carbonyl (C=O) groups excluding carboxylic acids is 1. The van der Waals surface area contributed by atoms with E-state index in [1.54, 1.807) is 4.90 Å². The topological polar surface area (TPSA) is 23.6 Å². The molecule has 1 aromatic carbocycles. The number of piperazine rings is 1. The molecule has 0 unspecified atom stereocenters. The van der Waals surface area contributed by atoms with E-state index in [9.17, 15) is 4.79 Å². The van der Waals surface area contributed by atoms with Gasteiger partial charge >= 0.3 is 0 Å². The highest BCUT2D eigenvalue weighted by Crippen LogP contribution is 2.29. The SMILES string of the molecule is O=C(N1CCN(c2ccc(Cl)cc2)CC1)C(Cl)(Cl)Cl. The van der Waals surface area contributed by atoms with Crippen molar-refractivity contribution >= 4 is 58.0 Å². The monoisotopic (exact) mass is 340 g/mol. The third-order valence-electron chi connectivity index (χ3n) is 3.00. The van der Waals surface area contributed by atoms with Gasteiger partial charge in [0.25, 0.3) is 9.70 Å². The van der Waals surface area contributed by atoms with Gasteiger partial charge in [0, 0.05) is 36.9 Å². The molecule has 0 spiro atoms. The first-order chi connectivity index (χ1) is 8.88. The fourth-order valence-electron chi connectivity index (χ4n) is 2.00. The Labute approximate surface area is 132 Å². The molecule has 7 heteroatoms. The maximum atomic E-state index is 11.8. The number of hydrogen-bond acceptors (Lipinski definition) is 2. The van der Waals surface area contributed by atoms with Crippen molar-refractivity contribution in [3.8, 4) is 0 Å². The Hall–Kier alpha value is -0.350. The summed E-state index contributed by atoms with van der Waals surface area (Å²) in [5.74, 6) is -0.465. The van der Waals surface area contributed by atoms with Crippen LogP contribution in [0.15, 0.2) is 24.3 Å². The van der Waals surface area contributed by atoms with Crippen molar-refractivity contribution in [1.82, 2.24) is 4.90 Å². The molecular formula is C12H12Cl4N2O. The lowest BCUT2D eigenvalue weighted by molar-refractivity contribution is -0.130. The smallest absolute Gasteiger partial charge is 0.274 e. The molecule has 19 heavy (non-hydrogen) atoms. The van der Waals surface area contributed by atoms with Gasteiger partial charge in [-0.3, -0.25) is 4.79 Å². The van der Waals surface area contributed by atoms with Crippen molar-refractivity contribution in [2.24, 2.45) is 0 Å². The molecule has 0 N–H and O–H groups in total. The minimum absolute atomic E-state index is 0.465. The van der Waals surface area contributed by atoms with Crippen molar-refractivity contribution in [3.63, 3.8) is 0 Å². The van der Waals surface area contributed by atoms with Crippen molar-refractivity contribution in [2.75, 3.05) is 31.1 Å². The first-order valence-electron chi connectivity index (χ1n) is 5.74. The van der Waals surface area contributed by atoms with E-state index in [4.69, 9.17) is 46.4 Å². The van der Waals surface area contributed by atoms with E-state index in [0.29, 0.717) is 31.2 Å². The molecule has 3 nitrogen and oxygen atoms in total. The van der Waals surface area contributed by atoms with Crippen LogP contribution in [0.25, 0.3) is 0 Å². The lowest BCUT2D eigenvalue weighted by Gasteiger charge is -2.37. The number of amides is 1. The second-order valence-corrected chi connectivity index (χ2v) is 6.97. The first-order valence-corrected chi connectivity index (χ1v) is 7.26. The molecule has 1 fully saturated rings. The van der Waals surface area contributed by atoms with Gasteiger partial charge in [0.05, 0.1) is 0 Å². The van der Waals surface area contributed by atoms with Crippen LogP contribution in [-0.2, 0) is 4.79 Å². The Kier molecular flexibility index (Phi) is 4.72. The summed E-state index contributed by atoms with van der Waals surface area (Å²) in [7, 11) is 0. The lowest BCUT2D eigenvalue weighted by atomic mass is 10.2. The largest absolute Gasteiger partial charge is 0.368 e. The van der Waals surface area contributed by atoms with Gasteiger partial charge in [0.2, 0.25) is 0 Å². The summed E-state index contributed by atoms with van der Waals surface area (Å²) < 4.78 is -1.87. The molecule has 0 aromatic heterocycles. The fourth-order valence-corrected chi connectivity index (χ4v) is 2.48. The molecule has 104 valence electrons. The summed E-state index contributed by atoms with van der Waals surface area (Å²) in [5.41, 5.74) is 1.07. The van der Waals surface area contributed by atoms with Crippen molar-refractivity contribution < 1.29 is 4.79 Å². The molecule has 0 atom stereocenters. The Morgan fingerprint density at radius 3 is 2.00 bits per heavy atom. The second kappa shape index (κ2) is 5.96. The van der Waals surface area contributed by atoms with Crippen molar-refractivity contribution in [1.29, 1.82) is 0 Å². The van der Waals surface area contributed by atoms with Gasteiger partial charge < -0.3 is 9.80 Å². The highest BCUT2D eigenvalue weighted by atomic mass is 35.6. The number of nitrogens with zero attached hydrogens (tertiary/aromatic N) is 2. The molecular weight excluding hydrogens is 330 g/mol. The summed E-state index contributed by atoms with van der Waals surface area (Å²) in [6.45, 7) is 2.48. The maximum Gasteiger partial charge on any atom is 0.274 e. The summed E-state index contributed by atoms with van der Waals surface area (Å²) >= 11 is 22.6. The van der Waals surface area contributed by atoms with Gasteiger partial charge in [0.1, 0.15) is 0 Å². The number of rotatable bonds is 1. The van der Waals surface area contributed by atoms with E-state index in [0.717, 1.165) is 5.69 Å². The van der Waals surface area contributed by atoms with Gasteiger partial charge in [-0.05, 0) is 24.3 Å². The van der Waals surface area contributed by atoms with E-state index < -0.39 is 9.70 Å². The average Bonchev–Trinajstić information content (AvgIpc) is 2.38. The zero-order valence-corrected chi connectivity index (χ0v) is 13.0. The Balaban J connectivity index is 1.96. The Morgan fingerprint density at radius 2 is 1.53 bits per heavy atom. The Bertz CT molecular complexity index is 450. The molecule has 2 rings (SSSR count). The maximum absolute atomic E-state index is 11.8. The average molecular weight is 342 g/mol. The molecule has 0 saturated carbocycles. The lowest BCUT2D eigenvalue weighted by Crippen LogP contribution is -2.51. The molecule has 0 bridgehead atoms. The summed E-state index contributed by atoms with van der Waals surface area (Å²) in [6.07, 6.45) is 0. The zero-order valence-electron chi connectivity index (χ0n) is 9.95. The summed E-state index contributed by atoms with van der Waals surface area (Å²) in [5, 5.41) is 0.703. The van der Waals surface area contributed by atoms with Crippen LogP contribution < -0.4 is 4.90 Å². The standard InChI is InChI=1S/C12H12Cl4N2O/c13-9-1-3-10(4-2-9)17-5-7-18(8-6-17)11(19)12(14,15)16/h1-4H,5-8H2. The van der Waals surface area contributed by atoms with Crippen molar-refractivity contribution in [2.45, 2.75) is 3.79 Å². The van der Waals surface area contributed by atoms with Gasteiger partial charge in [-0.1, -0.05) is 46.4 Å². The van der Waals surface area contributed by atoms with Gasteiger partial charge in [-0.15, -0.1) is 0 Å².